The lowest BCUT2D eigenvalue weighted by Crippen LogP contribution is -2.57. The highest BCUT2D eigenvalue weighted by Gasteiger charge is 2.34. The van der Waals surface area contributed by atoms with Crippen molar-refractivity contribution in [2.24, 2.45) is 0 Å². The van der Waals surface area contributed by atoms with Crippen LogP contribution in [0.4, 0.5) is 0 Å². The van der Waals surface area contributed by atoms with E-state index in [4.69, 9.17) is 8.85 Å². The Bertz CT molecular complexity index is 103. The Morgan fingerprint density at radius 3 is 1.55 bits per heavy atom. The van der Waals surface area contributed by atoms with E-state index in [9.17, 15) is 0 Å². The van der Waals surface area contributed by atoms with Gasteiger partial charge >= 0.3 is 9.45 Å². The Labute approximate surface area is 71.4 Å². The first-order valence-electron chi connectivity index (χ1n) is 4.04. The molecule has 0 amide bonds. The summed E-state index contributed by atoms with van der Waals surface area (Å²) in [7, 11) is 4.18. The maximum atomic E-state index is 5.34. The van der Waals surface area contributed by atoms with Gasteiger partial charge in [0.2, 0.25) is 0 Å². The van der Waals surface area contributed by atoms with E-state index in [-0.39, 0.29) is 0 Å². The van der Waals surface area contributed by atoms with Crippen LogP contribution in [0.5, 0.6) is 0 Å². The Kier molecular flexibility index (Phi) is 4.91. The van der Waals surface area contributed by atoms with Gasteiger partial charge in [-0.1, -0.05) is 0 Å². The van der Waals surface area contributed by atoms with Crippen LogP contribution < -0.4 is 0 Å². The third-order valence-electron chi connectivity index (χ3n) is 2.36. The second-order valence-corrected chi connectivity index (χ2v) is 5.69. The minimum atomic E-state index is -1.48. The second-order valence-electron chi connectivity index (χ2n) is 2.89. The van der Waals surface area contributed by atoms with Gasteiger partial charge in [-0.3, -0.25) is 0 Å². The first-order valence-corrected chi connectivity index (χ1v) is 5.50. The molecule has 3 nitrogen and oxygen atoms in total. The zero-order chi connectivity index (χ0) is 8.91. The van der Waals surface area contributed by atoms with E-state index < -0.39 is 9.45 Å². The molecule has 0 aromatic rings. The fraction of sp³-hybridized carbons (Fsp3) is 1.00. The number of nitrogens with zero attached hydrogens (tertiary/aromatic N) is 1. The van der Waals surface area contributed by atoms with Gasteiger partial charge in [0, 0.05) is 14.2 Å². The summed E-state index contributed by atoms with van der Waals surface area (Å²) >= 11 is 0. The van der Waals surface area contributed by atoms with Crippen molar-refractivity contribution in [3.05, 3.63) is 0 Å². The predicted octanol–water partition coefficient (Wildman–Crippen LogP) is 0.483. The van der Waals surface area contributed by atoms with Crippen LogP contribution in [0.2, 0.25) is 0 Å². The van der Waals surface area contributed by atoms with Crippen LogP contribution in [0.15, 0.2) is 0 Å². The highest BCUT2D eigenvalue weighted by atomic mass is 28.3. The molecule has 0 aliphatic heterocycles. The van der Waals surface area contributed by atoms with Crippen molar-refractivity contribution in [1.82, 2.24) is 0 Å². The van der Waals surface area contributed by atoms with E-state index in [1.165, 1.54) is 0 Å². The van der Waals surface area contributed by atoms with Gasteiger partial charge in [0.1, 0.15) is 0 Å². The molecule has 0 N–H and O–H groups in total. The average Bonchev–Trinajstić information content (AvgIpc) is 2.06. The largest absolute Gasteiger partial charge is 0.586 e. The summed E-state index contributed by atoms with van der Waals surface area (Å²) in [6, 6.07) is 0. The zero-order valence-corrected chi connectivity index (χ0v) is 9.41. The molecule has 0 heterocycles. The molecule has 11 heavy (non-hydrogen) atoms. The van der Waals surface area contributed by atoms with Crippen LogP contribution in [0.1, 0.15) is 13.8 Å². The molecule has 0 saturated heterocycles. The molecule has 0 aliphatic rings. The topological polar surface area (TPSA) is 18.5 Å². The van der Waals surface area contributed by atoms with Gasteiger partial charge in [-0.05, 0) is 13.8 Å². The molecular formula is C7H20NO2Si+. The average molecular weight is 178 g/mol. The van der Waals surface area contributed by atoms with E-state index in [2.05, 4.69) is 20.9 Å². The summed E-state index contributed by atoms with van der Waals surface area (Å²) in [5, 5.41) is 0. The molecule has 0 radical (unpaired) electrons. The SMILES string of the molecule is CC[N+](C)(CC)[SiH](OC)OC. The molecule has 0 bridgehead atoms. The minimum Gasteiger partial charge on any atom is -0.354 e. The third-order valence-corrected chi connectivity index (χ3v) is 4.91. The van der Waals surface area contributed by atoms with Crippen molar-refractivity contribution in [1.29, 1.82) is 0 Å². The molecular weight excluding hydrogens is 158 g/mol. The summed E-state index contributed by atoms with van der Waals surface area (Å²) < 4.78 is 11.6. The molecule has 0 fully saturated rings. The maximum Gasteiger partial charge on any atom is 0.586 e. The van der Waals surface area contributed by atoms with Crippen LogP contribution in [0.3, 0.4) is 0 Å². The molecule has 0 aromatic heterocycles. The molecule has 68 valence electrons. The second kappa shape index (κ2) is 4.87. The van der Waals surface area contributed by atoms with Crippen molar-refractivity contribution in [2.45, 2.75) is 13.8 Å². The first kappa shape index (κ1) is 11.1. The number of hydrogen-bond donors (Lipinski definition) is 0. The molecule has 0 saturated carbocycles. The molecule has 0 unspecified atom stereocenters. The van der Waals surface area contributed by atoms with Crippen LogP contribution >= 0.6 is 0 Å². The lowest BCUT2D eigenvalue weighted by molar-refractivity contribution is -0.818. The Morgan fingerprint density at radius 2 is 1.45 bits per heavy atom. The van der Waals surface area contributed by atoms with Crippen LogP contribution in [0.25, 0.3) is 0 Å². The van der Waals surface area contributed by atoms with E-state index in [1.54, 1.807) is 14.2 Å². The molecule has 4 heteroatoms. The summed E-state index contributed by atoms with van der Waals surface area (Å²) in [4.78, 5) is 0. The van der Waals surface area contributed by atoms with Gasteiger partial charge in [-0.15, -0.1) is 0 Å². The smallest absolute Gasteiger partial charge is 0.354 e. The lowest BCUT2D eigenvalue weighted by Gasteiger charge is -2.36. The summed E-state index contributed by atoms with van der Waals surface area (Å²) in [5.41, 5.74) is 0. The van der Waals surface area contributed by atoms with Gasteiger partial charge in [0.25, 0.3) is 0 Å². The van der Waals surface area contributed by atoms with Crippen LogP contribution in [-0.2, 0) is 8.85 Å². The van der Waals surface area contributed by atoms with Crippen LogP contribution in [-0.4, -0.2) is 48.0 Å². The number of hydrogen-bond acceptors (Lipinski definition) is 2. The fourth-order valence-electron chi connectivity index (χ4n) is 1.13. The summed E-state index contributed by atoms with van der Waals surface area (Å²) in [6.45, 7) is 6.49. The predicted molar refractivity (Wildman–Crippen MR) is 48.4 cm³/mol. The quantitative estimate of drug-likeness (QED) is 0.570. The molecule has 0 atom stereocenters. The first-order chi connectivity index (χ1) is 5.14. The maximum absolute atomic E-state index is 5.34. The van der Waals surface area contributed by atoms with Gasteiger partial charge in [-0.2, -0.15) is 0 Å². The van der Waals surface area contributed by atoms with Crippen molar-refractivity contribution in [2.75, 3.05) is 34.4 Å². The van der Waals surface area contributed by atoms with Crippen molar-refractivity contribution >= 4 is 9.45 Å². The van der Waals surface area contributed by atoms with E-state index >= 15 is 0 Å². The highest BCUT2D eigenvalue weighted by Crippen LogP contribution is 2.06. The fourth-order valence-corrected chi connectivity index (χ4v) is 2.93. The van der Waals surface area contributed by atoms with Gasteiger partial charge in [0.05, 0.1) is 20.1 Å². The normalized spacial score (nSPS) is 12.5. The Hall–Kier alpha value is 0.0969. The zero-order valence-electron chi connectivity index (χ0n) is 8.26. The van der Waals surface area contributed by atoms with Crippen molar-refractivity contribution in [3.63, 3.8) is 0 Å². The third kappa shape index (κ3) is 2.55. The highest BCUT2D eigenvalue weighted by molar-refractivity contribution is 6.35. The van der Waals surface area contributed by atoms with Crippen LogP contribution in [0, 0.1) is 0 Å². The monoisotopic (exact) mass is 178 g/mol. The Morgan fingerprint density at radius 1 is 1.09 bits per heavy atom. The number of quaternary nitrogens is 1. The van der Waals surface area contributed by atoms with Gasteiger partial charge in [-0.25, -0.2) is 0 Å². The standard InChI is InChI=1S/C7H20NO2Si/c1-6-8(3,7-2)11(9-4)10-5/h11H,6-7H2,1-5H3/q+1. The molecule has 0 spiro atoms. The Balaban J connectivity index is 4.19. The van der Waals surface area contributed by atoms with E-state index in [1.807, 2.05) is 0 Å². The summed E-state index contributed by atoms with van der Waals surface area (Å²) in [6.07, 6.45) is 0. The van der Waals surface area contributed by atoms with Crippen molar-refractivity contribution < 1.29 is 13.0 Å². The van der Waals surface area contributed by atoms with E-state index in [0.29, 0.717) is 0 Å². The van der Waals surface area contributed by atoms with Crippen molar-refractivity contribution in [3.8, 4) is 0 Å². The lowest BCUT2D eigenvalue weighted by atomic mass is 10.6. The number of rotatable bonds is 5. The molecule has 0 rings (SSSR count). The molecule has 0 aromatic carbocycles. The van der Waals surface area contributed by atoms with Gasteiger partial charge in [0.15, 0.2) is 0 Å². The summed E-state index contributed by atoms with van der Waals surface area (Å²) in [5.74, 6) is 0. The van der Waals surface area contributed by atoms with Gasteiger partial charge < -0.3 is 13.0 Å². The van der Waals surface area contributed by atoms with E-state index in [0.717, 1.165) is 17.2 Å². The molecule has 0 aliphatic carbocycles. The minimum absolute atomic E-state index is 0.938.